The van der Waals surface area contributed by atoms with E-state index in [1.807, 2.05) is 0 Å². The molecule has 0 heterocycles. The van der Waals surface area contributed by atoms with Crippen LogP contribution in [0.5, 0.6) is 0 Å². The van der Waals surface area contributed by atoms with E-state index in [1.165, 1.54) is 31.2 Å². The van der Waals surface area contributed by atoms with Crippen LogP contribution in [0.1, 0.15) is 18.4 Å². The second-order valence-electron chi connectivity index (χ2n) is 3.13. The van der Waals surface area contributed by atoms with Crippen molar-refractivity contribution in [3.63, 3.8) is 0 Å². The van der Waals surface area contributed by atoms with Gasteiger partial charge in [-0.2, -0.15) is 0 Å². The highest BCUT2D eigenvalue weighted by molar-refractivity contribution is 8.13. The molecule has 15 heavy (non-hydrogen) atoms. The van der Waals surface area contributed by atoms with Gasteiger partial charge in [-0.05, 0) is 17.7 Å². The van der Waals surface area contributed by atoms with Gasteiger partial charge < -0.3 is 0 Å². The first kappa shape index (κ1) is 12.4. The van der Waals surface area contributed by atoms with E-state index >= 15 is 0 Å². The Labute approximate surface area is 91.3 Å². The highest BCUT2D eigenvalue weighted by Crippen LogP contribution is 2.24. The van der Waals surface area contributed by atoms with Gasteiger partial charge in [0, 0.05) is 16.6 Å². The largest absolute Gasteiger partial charge is 0.261 e. The molecule has 0 fully saturated rings. The Bertz CT molecular complexity index is 428. The average Bonchev–Trinajstić information content (AvgIpc) is 2.15. The Kier molecular flexibility index (Phi) is 3.67. The monoisotopic (exact) mass is 254 g/mol. The van der Waals surface area contributed by atoms with Gasteiger partial charge in [-0.1, -0.05) is 19.1 Å². The summed E-state index contributed by atoms with van der Waals surface area (Å²) in [6, 6.07) is 5.12. The van der Waals surface area contributed by atoms with Crippen LogP contribution in [0, 0.1) is 0 Å². The number of hydrogen-bond acceptors (Lipinski definition) is 2. The Morgan fingerprint density at radius 1 is 1.20 bits per heavy atom. The summed E-state index contributed by atoms with van der Waals surface area (Å²) in [5.74, 6) is -0.919. The van der Waals surface area contributed by atoms with Crippen LogP contribution in [-0.2, 0) is 9.05 Å². The predicted molar refractivity (Wildman–Crippen MR) is 53.9 cm³/mol. The van der Waals surface area contributed by atoms with Crippen LogP contribution in [-0.4, -0.2) is 14.8 Å². The molecule has 0 saturated heterocycles. The third-order valence-corrected chi connectivity index (χ3v) is 3.44. The molecule has 0 amide bonds. The minimum Gasteiger partial charge on any atom is -0.210 e. The van der Waals surface area contributed by atoms with Gasteiger partial charge in [0.15, 0.2) is 0 Å². The van der Waals surface area contributed by atoms with Crippen molar-refractivity contribution in [2.24, 2.45) is 0 Å². The van der Waals surface area contributed by atoms with Crippen LogP contribution in [0.2, 0.25) is 0 Å². The van der Waals surface area contributed by atoms with Gasteiger partial charge in [-0.25, -0.2) is 17.2 Å². The lowest BCUT2D eigenvalue weighted by molar-refractivity contribution is 0.121. The van der Waals surface area contributed by atoms with Gasteiger partial charge in [0.25, 0.3) is 9.05 Å². The zero-order valence-electron chi connectivity index (χ0n) is 7.82. The van der Waals surface area contributed by atoms with Crippen molar-refractivity contribution in [3.05, 3.63) is 29.8 Å². The number of halogens is 3. The van der Waals surface area contributed by atoms with E-state index in [9.17, 15) is 17.2 Å². The van der Waals surface area contributed by atoms with Crippen LogP contribution in [0.15, 0.2) is 29.2 Å². The lowest BCUT2D eigenvalue weighted by atomic mass is 10.0. The number of rotatable bonds is 3. The maximum atomic E-state index is 12.3. The molecule has 2 nitrogen and oxygen atoms in total. The summed E-state index contributed by atoms with van der Waals surface area (Å²) in [4.78, 5) is -0.0885. The molecule has 6 heteroatoms. The molecule has 0 N–H and O–H groups in total. The third-order valence-electron chi connectivity index (χ3n) is 2.07. The van der Waals surface area contributed by atoms with Crippen molar-refractivity contribution in [2.45, 2.75) is 24.2 Å². The van der Waals surface area contributed by atoms with E-state index in [0.29, 0.717) is 5.56 Å². The van der Waals surface area contributed by atoms with Gasteiger partial charge >= 0.3 is 0 Å². The Morgan fingerprint density at radius 2 is 1.67 bits per heavy atom. The molecular weight excluding hydrogens is 246 g/mol. The van der Waals surface area contributed by atoms with Crippen LogP contribution in [0.4, 0.5) is 8.78 Å². The first-order valence-corrected chi connectivity index (χ1v) is 6.46. The van der Waals surface area contributed by atoms with E-state index < -0.39 is 21.4 Å². The lowest BCUT2D eigenvalue weighted by Gasteiger charge is -2.10. The fourth-order valence-electron chi connectivity index (χ4n) is 1.08. The van der Waals surface area contributed by atoms with E-state index in [2.05, 4.69) is 0 Å². The van der Waals surface area contributed by atoms with Crippen molar-refractivity contribution in [3.8, 4) is 0 Å². The summed E-state index contributed by atoms with van der Waals surface area (Å²) < 4.78 is 46.3. The van der Waals surface area contributed by atoms with Crippen molar-refractivity contribution < 1.29 is 17.2 Å². The molecule has 1 aromatic carbocycles. The Hall–Kier alpha value is -0.680. The fraction of sp³-hybridized carbons (Fsp3) is 0.333. The number of benzene rings is 1. The molecule has 0 spiro atoms. The van der Waals surface area contributed by atoms with Crippen LogP contribution < -0.4 is 0 Å². The van der Waals surface area contributed by atoms with Gasteiger partial charge in [-0.3, -0.25) is 0 Å². The molecule has 0 saturated carbocycles. The van der Waals surface area contributed by atoms with Gasteiger partial charge in [0.1, 0.15) is 0 Å². The van der Waals surface area contributed by atoms with Crippen LogP contribution in [0.3, 0.4) is 0 Å². The predicted octanol–water partition coefficient (Wildman–Crippen LogP) is 2.98. The normalized spacial score (nSPS) is 14.2. The summed E-state index contributed by atoms with van der Waals surface area (Å²) in [5.41, 5.74) is 0.383. The lowest BCUT2D eigenvalue weighted by Crippen LogP contribution is -2.04. The molecule has 0 aliphatic carbocycles. The molecular formula is C9H9ClF2O2S. The molecule has 1 aromatic rings. The third kappa shape index (κ3) is 3.14. The van der Waals surface area contributed by atoms with Crippen LogP contribution >= 0.6 is 10.7 Å². The summed E-state index contributed by atoms with van der Waals surface area (Å²) >= 11 is 0. The molecule has 1 atom stereocenters. The summed E-state index contributed by atoms with van der Waals surface area (Å²) in [5, 5.41) is 0. The van der Waals surface area contributed by atoms with Gasteiger partial charge in [-0.15, -0.1) is 0 Å². The smallest absolute Gasteiger partial charge is 0.210 e. The average molecular weight is 255 g/mol. The fourth-order valence-corrected chi connectivity index (χ4v) is 1.85. The summed E-state index contributed by atoms with van der Waals surface area (Å²) in [6.07, 6.45) is -2.47. The Balaban J connectivity index is 3.01. The Morgan fingerprint density at radius 3 is 2.00 bits per heavy atom. The highest BCUT2D eigenvalue weighted by Gasteiger charge is 2.17. The molecule has 0 unspecified atom stereocenters. The first-order valence-electron chi connectivity index (χ1n) is 4.15. The van der Waals surface area contributed by atoms with E-state index in [1.54, 1.807) is 0 Å². The van der Waals surface area contributed by atoms with Crippen molar-refractivity contribution in [2.75, 3.05) is 0 Å². The molecule has 0 aromatic heterocycles. The standard InChI is InChI=1S/C9H9ClF2O2S/c1-6(9(11)12)7-2-4-8(5-3-7)15(10,13)14/h2-6,9H,1H3/t6-/m1/s1. The number of alkyl halides is 2. The van der Waals surface area contributed by atoms with Gasteiger partial charge in [0.2, 0.25) is 6.43 Å². The van der Waals surface area contributed by atoms with E-state index in [0.717, 1.165) is 0 Å². The van der Waals surface area contributed by atoms with Crippen molar-refractivity contribution in [1.29, 1.82) is 0 Å². The summed E-state index contributed by atoms with van der Waals surface area (Å²) in [7, 11) is 1.30. The zero-order valence-corrected chi connectivity index (χ0v) is 9.40. The maximum absolute atomic E-state index is 12.3. The van der Waals surface area contributed by atoms with E-state index in [-0.39, 0.29) is 4.90 Å². The molecule has 0 aliphatic rings. The molecule has 84 valence electrons. The molecule has 0 aliphatic heterocycles. The van der Waals surface area contributed by atoms with Crippen molar-refractivity contribution in [1.82, 2.24) is 0 Å². The molecule has 0 bridgehead atoms. The second-order valence-corrected chi connectivity index (χ2v) is 5.70. The quantitative estimate of drug-likeness (QED) is 0.777. The van der Waals surface area contributed by atoms with E-state index in [4.69, 9.17) is 10.7 Å². The van der Waals surface area contributed by atoms with Crippen molar-refractivity contribution >= 4 is 19.7 Å². The van der Waals surface area contributed by atoms with Gasteiger partial charge in [0.05, 0.1) is 4.90 Å². The first-order chi connectivity index (χ1) is 6.82. The summed E-state index contributed by atoms with van der Waals surface area (Å²) in [6.45, 7) is 1.37. The second kappa shape index (κ2) is 4.45. The zero-order chi connectivity index (χ0) is 11.6. The maximum Gasteiger partial charge on any atom is 0.261 e. The molecule has 0 radical (unpaired) electrons. The highest BCUT2D eigenvalue weighted by atomic mass is 35.7. The topological polar surface area (TPSA) is 34.1 Å². The molecule has 1 rings (SSSR count). The minimum absolute atomic E-state index is 0.0885. The minimum atomic E-state index is -3.78. The van der Waals surface area contributed by atoms with Crippen LogP contribution in [0.25, 0.3) is 0 Å². The SMILES string of the molecule is C[C@H](c1ccc(S(=O)(=O)Cl)cc1)C(F)F. The number of hydrogen-bond donors (Lipinski definition) is 0.